The number of hydrogen-bond acceptors (Lipinski definition) is 5. The first kappa shape index (κ1) is 12.3. The molecule has 0 atom stereocenters. The lowest BCUT2D eigenvalue weighted by Crippen LogP contribution is -1.99. The zero-order chi connectivity index (χ0) is 12.3. The Hall–Kier alpha value is -1.14. The van der Waals surface area contributed by atoms with Crippen LogP contribution in [-0.2, 0) is 6.61 Å². The average molecular weight is 314 g/mol. The van der Waals surface area contributed by atoms with Crippen LogP contribution in [-0.4, -0.2) is 16.6 Å². The second-order valence-electron chi connectivity index (χ2n) is 3.50. The van der Waals surface area contributed by atoms with Gasteiger partial charge in [-0.15, -0.1) is 5.10 Å². The molecule has 4 nitrogen and oxygen atoms in total. The van der Waals surface area contributed by atoms with Crippen LogP contribution in [0, 0.1) is 6.92 Å². The molecule has 0 bridgehead atoms. The summed E-state index contributed by atoms with van der Waals surface area (Å²) in [4.78, 5) is 0. The molecule has 0 saturated carbocycles. The molecule has 90 valence electrons. The fourth-order valence-corrected chi connectivity index (χ4v) is 2.12. The molecule has 6 heteroatoms. The highest BCUT2D eigenvalue weighted by atomic mass is 79.9. The lowest BCUT2D eigenvalue weighted by molar-refractivity contribution is 0.301. The van der Waals surface area contributed by atoms with Gasteiger partial charge < -0.3 is 10.1 Å². The van der Waals surface area contributed by atoms with Gasteiger partial charge in [-0.05, 0) is 30.7 Å². The molecule has 0 spiro atoms. The molecule has 0 radical (unpaired) electrons. The second kappa shape index (κ2) is 5.46. The monoisotopic (exact) mass is 313 g/mol. The predicted octanol–water partition coefficient (Wildman–Crippen LogP) is 3.23. The van der Waals surface area contributed by atoms with Crippen molar-refractivity contribution in [2.75, 3.05) is 12.4 Å². The molecule has 0 aliphatic rings. The van der Waals surface area contributed by atoms with Crippen molar-refractivity contribution in [1.29, 1.82) is 0 Å². The van der Waals surface area contributed by atoms with Gasteiger partial charge in [0.15, 0.2) is 0 Å². The van der Waals surface area contributed by atoms with Crippen molar-refractivity contribution in [1.82, 2.24) is 9.59 Å². The number of ether oxygens (including phenoxy) is 1. The van der Waals surface area contributed by atoms with Crippen LogP contribution in [0.15, 0.2) is 22.7 Å². The first-order chi connectivity index (χ1) is 8.20. The maximum Gasteiger partial charge on any atom is 0.136 e. The van der Waals surface area contributed by atoms with Crippen LogP contribution >= 0.6 is 27.5 Å². The van der Waals surface area contributed by atoms with Gasteiger partial charge in [-0.25, -0.2) is 0 Å². The molecule has 1 aromatic carbocycles. The van der Waals surface area contributed by atoms with Crippen LogP contribution in [0.1, 0.15) is 11.3 Å². The van der Waals surface area contributed by atoms with E-state index in [1.807, 2.05) is 32.2 Å². The first-order valence-corrected chi connectivity index (χ1v) is 6.65. The van der Waals surface area contributed by atoms with E-state index in [-0.39, 0.29) is 0 Å². The van der Waals surface area contributed by atoms with Crippen molar-refractivity contribution in [2.24, 2.45) is 0 Å². The number of halogens is 1. The molecular formula is C11H12BrN3OS. The van der Waals surface area contributed by atoms with Crippen molar-refractivity contribution in [2.45, 2.75) is 13.5 Å². The fourth-order valence-electron chi connectivity index (χ4n) is 1.35. The van der Waals surface area contributed by atoms with Crippen LogP contribution in [0.4, 0.5) is 5.00 Å². The van der Waals surface area contributed by atoms with Crippen LogP contribution in [0.25, 0.3) is 0 Å². The normalized spacial score (nSPS) is 10.3. The van der Waals surface area contributed by atoms with Crippen molar-refractivity contribution < 1.29 is 4.74 Å². The second-order valence-corrected chi connectivity index (χ2v) is 5.11. The van der Waals surface area contributed by atoms with Crippen molar-refractivity contribution in [3.63, 3.8) is 0 Å². The predicted molar refractivity (Wildman–Crippen MR) is 72.7 cm³/mol. The van der Waals surface area contributed by atoms with Crippen LogP contribution < -0.4 is 10.1 Å². The Bertz CT molecular complexity index is 515. The Balaban J connectivity index is 2.05. The Morgan fingerprint density at radius 3 is 3.00 bits per heavy atom. The molecule has 0 fully saturated rings. The maximum absolute atomic E-state index is 5.67. The number of nitrogens with zero attached hydrogens (tertiary/aromatic N) is 2. The molecular weight excluding hydrogens is 302 g/mol. The highest BCUT2D eigenvalue weighted by Gasteiger charge is 2.07. The van der Waals surface area contributed by atoms with E-state index in [0.29, 0.717) is 6.61 Å². The van der Waals surface area contributed by atoms with E-state index in [2.05, 4.69) is 30.8 Å². The molecule has 1 aromatic heterocycles. The summed E-state index contributed by atoms with van der Waals surface area (Å²) in [5.74, 6) is 0.834. The minimum absolute atomic E-state index is 0.424. The van der Waals surface area contributed by atoms with Crippen LogP contribution in [0.3, 0.4) is 0 Å². The quantitative estimate of drug-likeness (QED) is 0.941. The minimum Gasteiger partial charge on any atom is -0.487 e. The highest BCUT2D eigenvalue weighted by molar-refractivity contribution is 9.10. The zero-order valence-electron chi connectivity index (χ0n) is 9.53. The third-order valence-corrected chi connectivity index (χ3v) is 3.96. The summed E-state index contributed by atoms with van der Waals surface area (Å²) in [6.07, 6.45) is 0. The molecule has 0 aliphatic carbocycles. The lowest BCUT2D eigenvalue weighted by atomic mass is 10.2. The number of anilines is 1. The van der Waals surface area contributed by atoms with Gasteiger partial charge in [0, 0.05) is 23.1 Å². The Morgan fingerprint density at radius 1 is 1.47 bits per heavy atom. The number of rotatable bonds is 4. The summed E-state index contributed by atoms with van der Waals surface area (Å²) >= 11 is 4.79. The van der Waals surface area contributed by atoms with Crippen LogP contribution in [0.2, 0.25) is 0 Å². The van der Waals surface area contributed by atoms with E-state index in [0.717, 1.165) is 26.5 Å². The van der Waals surface area contributed by atoms with E-state index < -0.39 is 0 Å². The molecule has 1 N–H and O–H groups in total. The van der Waals surface area contributed by atoms with Gasteiger partial charge in [0.25, 0.3) is 0 Å². The molecule has 2 rings (SSSR count). The smallest absolute Gasteiger partial charge is 0.136 e. The van der Waals surface area contributed by atoms with Gasteiger partial charge in [-0.1, -0.05) is 20.4 Å². The van der Waals surface area contributed by atoms with Crippen LogP contribution in [0.5, 0.6) is 5.75 Å². The SMILES string of the molecule is CNc1snnc1COc1ccc(Br)c(C)c1. The summed E-state index contributed by atoms with van der Waals surface area (Å²) < 4.78 is 10.6. The number of aryl methyl sites for hydroxylation is 1. The van der Waals surface area contributed by atoms with E-state index in [1.54, 1.807) is 0 Å². The maximum atomic E-state index is 5.67. The third-order valence-electron chi connectivity index (χ3n) is 2.29. The lowest BCUT2D eigenvalue weighted by Gasteiger charge is -2.07. The number of hydrogen-bond donors (Lipinski definition) is 1. The molecule has 2 aromatic rings. The van der Waals surface area contributed by atoms with Gasteiger partial charge in [0.05, 0.1) is 0 Å². The number of nitrogens with one attached hydrogen (secondary N) is 1. The molecule has 0 amide bonds. The number of aromatic nitrogens is 2. The standard InChI is InChI=1S/C11H12BrN3OS/c1-7-5-8(3-4-9(7)12)16-6-10-11(13-2)17-15-14-10/h3-5,13H,6H2,1-2H3. The largest absolute Gasteiger partial charge is 0.487 e. The molecule has 1 heterocycles. The summed E-state index contributed by atoms with van der Waals surface area (Å²) in [5.41, 5.74) is 1.98. The van der Waals surface area contributed by atoms with E-state index in [9.17, 15) is 0 Å². The van der Waals surface area contributed by atoms with Crippen molar-refractivity contribution in [3.8, 4) is 5.75 Å². The van der Waals surface area contributed by atoms with Gasteiger partial charge >= 0.3 is 0 Å². The van der Waals surface area contributed by atoms with Crippen molar-refractivity contribution >= 4 is 32.5 Å². The van der Waals surface area contributed by atoms with E-state index in [1.165, 1.54) is 11.5 Å². The third kappa shape index (κ3) is 2.95. The van der Waals surface area contributed by atoms with Gasteiger partial charge in [-0.3, -0.25) is 0 Å². The van der Waals surface area contributed by atoms with Gasteiger partial charge in [0.1, 0.15) is 23.1 Å². The van der Waals surface area contributed by atoms with Gasteiger partial charge in [-0.2, -0.15) is 0 Å². The Morgan fingerprint density at radius 2 is 2.29 bits per heavy atom. The zero-order valence-corrected chi connectivity index (χ0v) is 11.9. The minimum atomic E-state index is 0.424. The summed E-state index contributed by atoms with van der Waals surface area (Å²) in [7, 11) is 1.85. The summed E-state index contributed by atoms with van der Waals surface area (Å²) in [6.45, 7) is 2.45. The summed E-state index contributed by atoms with van der Waals surface area (Å²) in [5, 5.41) is 8.00. The number of benzene rings is 1. The highest BCUT2D eigenvalue weighted by Crippen LogP contribution is 2.23. The fraction of sp³-hybridized carbons (Fsp3) is 0.273. The Labute approximate surface area is 112 Å². The Kier molecular flexibility index (Phi) is 3.96. The summed E-state index contributed by atoms with van der Waals surface area (Å²) in [6, 6.07) is 5.89. The molecule has 0 saturated heterocycles. The van der Waals surface area contributed by atoms with Crippen molar-refractivity contribution in [3.05, 3.63) is 33.9 Å². The average Bonchev–Trinajstić information content (AvgIpc) is 2.78. The van der Waals surface area contributed by atoms with Gasteiger partial charge in [0.2, 0.25) is 0 Å². The molecule has 0 aliphatic heterocycles. The van der Waals surface area contributed by atoms with E-state index >= 15 is 0 Å². The first-order valence-electron chi connectivity index (χ1n) is 5.08. The van der Waals surface area contributed by atoms with E-state index in [4.69, 9.17) is 4.74 Å². The molecule has 17 heavy (non-hydrogen) atoms. The topological polar surface area (TPSA) is 47.0 Å². The molecule has 0 unspecified atom stereocenters.